The number of piperazine rings is 1. The number of nitrogens with one attached hydrogen (secondary N) is 1. The first-order chi connectivity index (χ1) is 16.5. The minimum Gasteiger partial charge on any atom is -0.497 e. The number of hydrogen-bond acceptors (Lipinski definition) is 6. The summed E-state index contributed by atoms with van der Waals surface area (Å²) in [5, 5.41) is 4.76. The molecule has 0 atom stereocenters. The largest absolute Gasteiger partial charge is 0.497 e. The van der Waals surface area contributed by atoms with Gasteiger partial charge in [0.1, 0.15) is 22.8 Å². The molecule has 1 saturated heterocycles. The summed E-state index contributed by atoms with van der Waals surface area (Å²) in [6, 6.07) is 17.2. The Hall–Kier alpha value is -3.71. The number of pyridine rings is 1. The van der Waals surface area contributed by atoms with Crippen molar-refractivity contribution in [2.75, 3.05) is 43.5 Å². The standard InChI is InChI=1S/C26H25ClN4O3/c1-17-6-7-18(14-22(17)27)28-25-21-8-13-34-24(21)16-23(29-25)26(32)31-11-9-30(10-12-31)19-4-3-5-20(15-19)33-2/h3-8,13-16H,9-12H2,1-2H3,(H,28,29). The van der Waals surface area contributed by atoms with E-state index in [9.17, 15) is 4.79 Å². The van der Waals surface area contributed by atoms with Gasteiger partial charge in [-0.1, -0.05) is 23.7 Å². The van der Waals surface area contributed by atoms with Crippen molar-refractivity contribution < 1.29 is 13.9 Å². The van der Waals surface area contributed by atoms with Crippen molar-refractivity contribution in [2.24, 2.45) is 0 Å². The average molecular weight is 477 g/mol. The van der Waals surface area contributed by atoms with Gasteiger partial charge in [-0.2, -0.15) is 0 Å². The molecule has 2 aromatic carbocycles. The van der Waals surface area contributed by atoms with Crippen LogP contribution in [0.15, 0.2) is 65.3 Å². The van der Waals surface area contributed by atoms with Crippen molar-refractivity contribution >= 4 is 45.7 Å². The number of benzene rings is 2. The third kappa shape index (κ3) is 4.39. The molecule has 0 radical (unpaired) electrons. The Balaban J connectivity index is 1.35. The molecule has 0 bridgehead atoms. The highest BCUT2D eigenvalue weighted by Crippen LogP contribution is 2.29. The topological polar surface area (TPSA) is 70.8 Å². The number of ether oxygens (including phenoxy) is 1. The molecule has 174 valence electrons. The van der Waals surface area contributed by atoms with Gasteiger partial charge in [0.05, 0.1) is 18.8 Å². The molecule has 0 saturated carbocycles. The fraction of sp³-hybridized carbons (Fsp3) is 0.231. The first kappa shape index (κ1) is 22.1. The number of aromatic nitrogens is 1. The van der Waals surface area contributed by atoms with Gasteiger partial charge in [0.2, 0.25) is 0 Å². The van der Waals surface area contributed by atoms with Crippen molar-refractivity contribution in [1.82, 2.24) is 9.88 Å². The van der Waals surface area contributed by atoms with Gasteiger partial charge in [-0.25, -0.2) is 4.98 Å². The molecule has 7 nitrogen and oxygen atoms in total. The summed E-state index contributed by atoms with van der Waals surface area (Å²) in [5.74, 6) is 1.26. The maximum Gasteiger partial charge on any atom is 0.272 e. The van der Waals surface area contributed by atoms with E-state index in [1.54, 1.807) is 19.4 Å². The van der Waals surface area contributed by atoms with Crippen molar-refractivity contribution in [3.63, 3.8) is 0 Å². The zero-order chi connectivity index (χ0) is 23.7. The number of aryl methyl sites for hydroxylation is 1. The van der Waals surface area contributed by atoms with E-state index in [0.29, 0.717) is 35.2 Å². The van der Waals surface area contributed by atoms with E-state index < -0.39 is 0 Å². The molecule has 0 aliphatic carbocycles. The van der Waals surface area contributed by atoms with Gasteiger partial charge in [-0.05, 0) is 42.8 Å². The van der Waals surface area contributed by atoms with Crippen molar-refractivity contribution in [3.05, 3.63) is 77.1 Å². The Morgan fingerprint density at radius 1 is 1.09 bits per heavy atom. The normalized spacial score (nSPS) is 13.9. The Morgan fingerprint density at radius 2 is 1.91 bits per heavy atom. The second-order valence-corrected chi connectivity index (χ2v) is 8.67. The van der Waals surface area contributed by atoms with Crippen LogP contribution in [0.1, 0.15) is 16.1 Å². The van der Waals surface area contributed by atoms with Crippen LogP contribution in [-0.2, 0) is 0 Å². The fourth-order valence-corrected chi connectivity index (χ4v) is 4.30. The summed E-state index contributed by atoms with van der Waals surface area (Å²) in [4.78, 5) is 22.1. The van der Waals surface area contributed by atoms with Crippen LogP contribution in [0.5, 0.6) is 5.75 Å². The van der Waals surface area contributed by atoms with Gasteiger partial charge < -0.3 is 24.3 Å². The predicted molar refractivity (Wildman–Crippen MR) is 135 cm³/mol. The average Bonchev–Trinajstić information content (AvgIpc) is 3.35. The third-order valence-electron chi connectivity index (χ3n) is 6.09. The van der Waals surface area contributed by atoms with E-state index in [2.05, 4.69) is 21.3 Å². The van der Waals surface area contributed by atoms with Crippen LogP contribution in [-0.4, -0.2) is 49.1 Å². The van der Waals surface area contributed by atoms with Crippen molar-refractivity contribution in [2.45, 2.75) is 6.92 Å². The Morgan fingerprint density at radius 3 is 2.68 bits per heavy atom. The van der Waals surface area contributed by atoms with Crippen LogP contribution in [0.2, 0.25) is 5.02 Å². The summed E-state index contributed by atoms with van der Waals surface area (Å²) in [6.07, 6.45) is 1.60. The van der Waals surface area contributed by atoms with E-state index in [1.807, 2.05) is 54.3 Å². The molecule has 1 fully saturated rings. The molecule has 8 heteroatoms. The van der Waals surface area contributed by atoms with E-state index in [0.717, 1.165) is 41.2 Å². The molecule has 1 N–H and O–H groups in total. The lowest BCUT2D eigenvalue weighted by Crippen LogP contribution is -2.49. The lowest BCUT2D eigenvalue weighted by atomic mass is 10.2. The first-order valence-electron chi connectivity index (χ1n) is 11.1. The van der Waals surface area contributed by atoms with Gasteiger partial charge in [0.15, 0.2) is 0 Å². The van der Waals surface area contributed by atoms with Crippen LogP contribution in [0, 0.1) is 6.92 Å². The van der Waals surface area contributed by atoms with E-state index in [4.69, 9.17) is 20.8 Å². The van der Waals surface area contributed by atoms with Gasteiger partial charge in [-0.15, -0.1) is 0 Å². The zero-order valence-corrected chi connectivity index (χ0v) is 19.8. The number of amides is 1. The second-order valence-electron chi connectivity index (χ2n) is 8.26. The lowest BCUT2D eigenvalue weighted by Gasteiger charge is -2.36. The fourth-order valence-electron chi connectivity index (χ4n) is 4.11. The quantitative estimate of drug-likeness (QED) is 0.410. The molecule has 34 heavy (non-hydrogen) atoms. The molecule has 4 aromatic rings. The molecular formula is C26H25ClN4O3. The molecule has 0 spiro atoms. The van der Waals surface area contributed by atoms with Crippen molar-refractivity contribution in [3.8, 4) is 5.75 Å². The Labute approximate surface area is 202 Å². The number of rotatable bonds is 5. The Bertz CT molecular complexity index is 1350. The number of methoxy groups -OCH3 is 1. The summed E-state index contributed by atoms with van der Waals surface area (Å²) < 4.78 is 11.0. The first-order valence-corrected chi connectivity index (χ1v) is 11.5. The minimum absolute atomic E-state index is 0.117. The number of halogens is 1. The molecule has 0 unspecified atom stereocenters. The SMILES string of the molecule is COc1cccc(N2CCN(C(=O)c3cc4occc4c(Nc4ccc(C)c(Cl)c4)n3)CC2)c1. The number of furan rings is 1. The number of anilines is 3. The van der Waals surface area contributed by atoms with Crippen LogP contribution in [0.25, 0.3) is 11.0 Å². The van der Waals surface area contributed by atoms with Gasteiger partial charge in [0.25, 0.3) is 5.91 Å². The van der Waals surface area contributed by atoms with Crippen LogP contribution in [0.3, 0.4) is 0 Å². The van der Waals surface area contributed by atoms with E-state index in [1.165, 1.54) is 0 Å². The molecule has 5 rings (SSSR count). The minimum atomic E-state index is -0.117. The number of carbonyl (C=O) groups is 1. The number of hydrogen-bond donors (Lipinski definition) is 1. The van der Waals surface area contributed by atoms with E-state index >= 15 is 0 Å². The molecular weight excluding hydrogens is 452 g/mol. The highest BCUT2D eigenvalue weighted by Gasteiger charge is 2.25. The molecule has 1 aliphatic rings. The maximum atomic E-state index is 13.3. The molecule has 1 amide bonds. The van der Waals surface area contributed by atoms with Crippen LogP contribution in [0.4, 0.5) is 17.2 Å². The summed E-state index contributed by atoms with van der Waals surface area (Å²) in [6.45, 7) is 4.62. The Kier molecular flexibility index (Phi) is 6.02. The number of fused-ring (bicyclic) bond motifs is 1. The molecule has 2 aromatic heterocycles. The monoisotopic (exact) mass is 476 g/mol. The molecule has 1 aliphatic heterocycles. The van der Waals surface area contributed by atoms with Gasteiger partial charge >= 0.3 is 0 Å². The second kappa shape index (κ2) is 9.27. The number of carbonyl (C=O) groups excluding carboxylic acids is 1. The molecule has 3 heterocycles. The predicted octanol–water partition coefficient (Wildman–Crippen LogP) is 5.50. The third-order valence-corrected chi connectivity index (χ3v) is 6.50. The summed E-state index contributed by atoms with van der Waals surface area (Å²) in [5.41, 5.74) is 3.82. The lowest BCUT2D eigenvalue weighted by molar-refractivity contribution is 0.0741. The van der Waals surface area contributed by atoms with Crippen LogP contribution >= 0.6 is 11.6 Å². The zero-order valence-electron chi connectivity index (χ0n) is 19.0. The summed E-state index contributed by atoms with van der Waals surface area (Å²) >= 11 is 6.28. The van der Waals surface area contributed by atoms with Crippen molar-refractivity contribution in [1.29, 1.82) is 0 Å². The highest BCUT2D eigenvalue weighted by atomic mass is 35.5. The van der Waals surface area contributed by atoms with E-state index in [-0.39, 0.29) is 5.91 Å². The van der Waals surface area contributed by atoms with Gasteiger partial charge in [-0.3, -0.25) is 4.79 Å². The maximum absolute atomic E-state index is 13.3. The van der Waals surface area contributed by atoms with Gasteiger partial charge in [0, 0.05) is 54.7 Å². The van der Waals surface area contributed by atoms with Crippen LogP contribution < -0.4 is 15.0 Å². The number of nitrogens with zero attached hydrogens (tertiary/aromatic N) is 3. The highest BCUT2D eigenvalue weighted by molar-refractivity contribution is 6.31. The smallest absolute Gasteiger partial charge is 0.272 e. The summed E-state index contributed by atoms with van der Waals surface area (Å²) in [7, 11) is 1.66.